The van der Waals surface area contributed by atoms with E-state index in [0.717, 1.165) is 11.3 Å². The first-order valence-corrected chi connectivity index (χ1v) is 10.9. The number of thioether (sulfide) groups is 1. The molecule has 0 saturated heterocycles. The Morgan fingerprint density at radius 2 is 1.87 bits per heavy atom. The Morgan fingerprint density at radius 3 is 2.55 bits per heavy atom. The molecule has 0 spiro atoms. The summed E-state index contributed by atoms with van der Waals surface area (Å²) in [5.74, 6) is 2.24. The standard InChI is InChI=1S/C22H23ClN4O3S/c1-3-12-27-20(14-30-19-10-8-18(29-2)9-11-19)25-26-22(27)31-15-21(28)24-13-16-4-6-17(23)7-5-16/h3-11H,1,12-15H2,2H3,(H,24,28). The van der Waals surface area contributed by atoms with Gasteiger partial charge in [-0.05, 0) is 42.0 Å². The highest BCUT2D eigenvalue weighted by Crippen LogP contribution is 2.20. The van der Waals surface area contributed by atoms with Crippen LogP contribution in [0.1, 0.15) is 11.4 Å². The first-order valence-electron chi connectivity index (χ1n) is 9.53. The van der Waals surface area contributed by atoms with Crippen LogP contribution in [0.4, 0.5) is 0 Å². The molecule has 1 N–H and O–H groups in total. The molecule has 0 fully saturated rings. The number of ether oxygens (including phenoxy) is 2. The first-order chi connectivity index (χ1) is 15.1. The number of nitrogens with zero attached hydrogens (tertiary/aromatic N) is 3. The number of carbonyl (C=O) groups is 1. The van der Waals surface area contributed by atoms with E-state index in [-0.39, 0.29) is 18.3 Å². The second-order valence-corrected chi connectivity index (χ2v) is 7.83. The van der Waals surface area contributed by atoms with Crippen molar-refractivity contribution in [2.75, 3.05) is 12.9 Å². The van der Waals surface area contributed by atoms with Gasteiger partial charge in [0.05, 0.1) is 12.9 Å². The van der Waals surface area contributed by atoms with Crippen LogP contribution in [-0.2, 0) is 24.5 Å². The lowest BCUT2D eigenvalue weighted by Crippen LogP contribution is -2.24. The van der Waals surface area contributed by atoms with Gasteiger partial charge in [-0.3, -0.25) is 9.36 Å². The van der Waals surface area contributed by atoms with Gasteiger partial charge in [-0.2, -0.15) is 0 Å². The Labute approximate surface area is 190 Å². The van der Waals surface area contributed by atoms with E-state index in [0.29, 0.717) is 34.8 Å². The van der Waals surface area contributed by atoms with Gasteiger partial charge in [0.15, 0.2) is 11.0 Å². The number of benzene rings is 2. The minimum absolute atomic E-state index is 0.0934. The van der Waals surface area contributed by atoms with Crippen molar-refractivity contribution in [1.82, 2.24) is 20.1 Å². The lowest BCUT2D eigenvalue weighted by atomic mass is 10.2. The van der Waals surface area contributed by atoms with Crippen LogP contribution in [0.15, 0.2) is 66.3 Å². The zero-order valence-corrected chi connectivity index (χ0v) is 18.7. The SMILES string of the molecule is C=CCn1c(COc2ccc(OC)cc2)nnc1SCC(=O)NCc1ccc(Cl)cc1. The summed E-state index contributed by atoms with van der Waals surface area (Å²) in [4.78, 5) is 12.2. The third-order valence-electron chi connectivity index (χ3n) is 4.27. The number of aromatic nitrogens is 3. The number of methoxy groups -OCH3 is 1. The third kappa shape index (κ3) is 6.77. The zero-order valence-electron chi connectivity index (χ0n) is 17.1. The topological polar surface area (TPSA) is 78.3 Å². The fourth-order valence-corrected chi connectivity index (χ4v) is 3.57. The summed E-state index contributed by atoms with van der Waals surface area (Å²) in [6.07, 6.45) is 1.75. The maximum Gasteiger partial charge on any atom is 0.230 e. The van der Waals surface area contributed by atoms with E-state index in [1.807, 2.05) is 41.0 Å². The van der Waals surface area contributed by atoms with Crippen LogP contribution in [0, 0.1) is 0 Å². The second kappa shape index (κ2) is 11.4. The molecule has 162 valence electrons. The summed E-state index contributed by atoms with van der Waals surface area (Å²) < 4.78 is 12.8. The zero-order chi connectivity index (χ0) is 22.1. The number of nitrogens with one attached hydrogen (secondary N) is 1. The molecule has 0 saturated carbocycles. The van der Waals surface area contributed by atoms with Gasteiger partial charge < -0.3 is 14.8 Å². The van der Waals surface area contributed by atoms with Crippen molar-refractivity contribution in [3.63, 3.8) is 0 Å². The minimum Gasteiger partial charge on any atom is -0.497 e. The van der Waals surface area contributed by atoms with Gasteiger partial charge in [-0.15, -0.1) is 16.8 Å². The van der Waals surface area contributed by atoms with E-state index in [2.05, 4.69) is 22.1 Å². The second-order valence-electron chi connectivity index (χ2n) is 6.45. The molecule has 0 aliphatic heterocycles. The lowest BCUT2D eigenvalue weighted by molar-refractivity contribution is -0.118. The van der Waals surface area contributed by atoms with Crippen LogP contribution < -0.4 is 14.8 Å². The summed E-state index contributed by atoms with van der Waals surface area (Å²) in [7, 11) is 1.62. The van der Waals surface area contributed by atoms with E-state index in [9.17, 15) is 4.79 Å². The van der Waals surface area contributed by atoms with Crippen molar-refractivity contribution in [2.45, 2.75) is 24.9 Å². The van der Waals surface area contributed by atoms with Gasteiger partial charge in [0.2, 0.25) is 5.91 Å². The summed E-state index contributed by atoms with van der Waals surface area (Å²) in [6.45, 7) is 5.00. The van der Waals surface area contributed by atoms with Crippen LogP contribution in [0.2, 0.25) is 5.02 Å². The molecule has 0 bridgehead atoms. The maximum atomic E-state index is 12.2. The Kier molecular flexibility index (Phi) is 8.37. The predicted octanol–water partition coefficient (Wildman–Crippen LogP) is 4.11. The molecular formula is C22H23ClN4O3S. The van der Waals surface area contributed by atoms with Crippen molar-refractivity contribution in [2.24, 2.45) is 0 Å². The van der Waals surface area contributed by atoms with Gasteiger partial charge in [0.25, 0.3) is 0 Å². The molecule has 0 atom stereocenters. The molecule has 2 aromatic carbocycles. The van der Waals surface area contributed by atoms with Crippen molar-refractivity contribution < 1.29 is 14.3 Å². The molecule has 0 unspecified atom stereocenters. The highest BCUT2D eigenvalue weighted by Gasteiger charge is 2.14. The number of amides is 1. The van der Waals surface area contributed by atoms with Crippen LogP contribution in [0.25, 0.3) is 0 Å². The molecule has 1 heterocycles. The molecule has 0 aliphatic carbocycles. The molecule has 3 rings (SSSR count). The third-order valence-corrected chi connectivity index (χ3v) is 5.49. The normalized spacial score (nSPS) is 10.5. The molecule has 0 aliphatic rings. The van der Waals surface area contributed by atoms with E-state index >= 15 is 0 Å². The number of rotatable bonds is 11. The van der Waals surface area contributed by atoms with Gasteiger partial charge in [0.1, 0.15) is 18.1 Å². The Morgan fingerprint density at radius 1 is 1.16 bits per heavy atom. The molecule has 3 aromatic rings. The Hall–Kier alpha value is -2.97. The minimum atomic E-state index is -0.0934. The smallest absolute Gasteiger partial charge is 0.230 e. The molecule has 31 heavy (non-hydrogen) atoms. The van der Waals surface area contributed by atoms with Crippen molar-refractivity contribution in [1.29, 1.82) is 0 Å². The summed E-state index contributed by atoms with van der Waals surface area (Å²) in [5, 5.41) is 12.6. The molecule has 7 nitrogen and oxygen atoms in total. The molecule has 9 heteroatoms. The van der Waals surface area contributed by atoms with Crippen LogP contribution >= 0.6 is 23.4 Å². The highest BCUT2D eigenvalue weighted by atomic mass is 35.5. The summed E-state index contributed by atoms with van der Waals surface area (Å²) >= 11 is 7.19. The molecule has 0 radical (unpaired) electrons. The largest absolute Gasteiger partial charge is 0.497 e. The van der Waals surface area contributed by atoms with Crippen LogP contribution in [-0.4, -0.2) is 33.5 Å². The average Bonchev–Trinajstić information content (AvgIpc) is 3.18. The lowest BCUT2D eigenvalue weighted by Gasteiger charge is -2.10. The van der Waals surface area contributed by atoms with Gasteiger partial charge in [-0.25, -0.2) is 0 Å². The quantitative estimate of drug-likeness (QED) is 0.344. The maximum absolute atomic E-state index is 12.2. The number of hydrogen-bond donors (Lipinski definition) is 1. The van der Waals surface area contributed by atoms with Crippen molar-refractivity contribution >= 4 is 29.3 Å². The molecule has 1 amide bonds. The van der Waals surface area contributed by atoms with E-state index in [1.165, 1.54) is 11.8 Å². The first kappa shape index (κ1) is 22.7. The van der Waals surface area contributed by atoms with Crippen molar-refractivity contribution in [3.05, 3.63) is 77.6 Å². The fraction of sp³-hybridized carbons (Fsp3) is 0.227. The van der Waals surface area contributed by atoms with Gasteiger partial charge in [0, 0.05) is 18.1 Å². The monoisotopic (exact) mass is 458 g/mol. The highest BCUT2D eigenvalue weighted by molar-refractivity contribution is 7.99. The van der Waals surface area contributed by atoms with Gasteiger partial charge >= 0.3 is 0 Å². The number of carbonyl (C=O) groups excluding carboxylic acids is 1. The van der Waals surface area contributed by atoms with Crippen LogP contribution in [0.3, 0.4) is 0 Å². The number of hydrogen-bond acceptors (Lipinski definition) is 6. The van der Waals surface area contributed by atoms with E-state index < -0.39 is 0 Å². The summed E-state index contributed by atoms with van der Waals surface area (Å²) in [6, 6.07) is 14.7. The van der Waals surface area contributed by atoms with Gasteiger partial charge in [-0.1, -0.05) is 41.6 Å². The van der Waals surface area contributed by atoms with Crippen LogP contribution in [0.5, 0.6) is 11.5 Å². The fourth-order valence-electron chi connectivity index (χ4n) is 2.65. The Bertz CT molecular complexity index is 1010. The van der Waals surface area contributed by atoms with Crippen molar-refractivity contribution in [3.8, 4) is 11.5 Å². The molecule has 1 aromatic heterocycles. The number of allylic oxidation sites excluding steroid dienone is 1. The number of halogens is 1. The average molecular weight is 459 g/mol. The van der Waals surface area contributed by atoms with E-state index in [4.69, 9.17) is 21.1 Å². The Balaban J connectivity index is 1.54. The van der Waals surface area contributed by atoms with E-state index in [1.54, 1.807) is 25.3 Å². The summed E-state index contributed by atoms with van der Waals surface area (Å²) in [5.41, 5.74) is 0.982. The predicted molar refractivity (Wildman–Crippen MR) is 122 cm³/mol. The molecular weight excluding hydrogens is 436 g/mol.